The summed E-state index contributed by atoms with van der Waals surface area (Å²) in [5.41, 5.74) is 2.89. The molecule has 0 spiro atoms. The van der Waals surface area contributed by atoms with Crippen LogP contribution in [-0.2, 0) is 17.3 Å². The van der Waals surface area contributed by atoms with Crippen LogP contribution in [0.2, 0.25) is 5.02 Å². The van der Waals surface area contributed by atoms with Gasteiger partial charge in [0.05, 0.1) is 31.2 Å². The van der Waals surface area contributed by atoms with E-state index in [2.05, 4.69) is 5.10 Å². The Morgan fingerprint density at radius 1 is 1.15 bits per heavy atom. The third-order valence-corrected chi connectivity index (χ3v) is 4.78. The van der Waals surface area contributed by atoms with Gasteiger partial charge in [0, 0.05) is 10.6 Å². The van der Waals surface area contributed by atoms with Crippen LogP contribution in [0.1, 0.15) is 11.3 Å². The minimum Gasteiger partial charge on any atom is -0.497 e. The fourth-order valence-corrected chi connectivity index (χ4v) is 3.43. The summed E-state index contributed by atoms with van der Waals surface area (Å²) in [5, 5.41) is 4.97. The van der Waals surface area contributed by atoms with E-state index in [1.54, 1.807) is 30.0 Å². The summed E-state index contributed by atoms with van der Waals surface area (Å²) in [6.07, 6.45) is -0.407. The molecule has 1 aromatic heterocycles. The van der Waals surface area contributed by atoms with Crippen LogP contribution >= 0.6 is 19.2 Å². The lowest BCUT2D eigenvalue weighted by Gasteiger charge is -2.09. The molecule has 0 aliphatic carbocycles. The molecule has 0 radical (unpaired) electrons. The van der Waals surface area contributed by atoms with Gasteiger partial charge in [0.25, 0.3) is 0 Å². The summed E-state index contributed by atoms with van der Waals surface area (Å²) in [6, 6.07) is 16.5. The van der Waals surface area contributed by atoms with Crippen molar-refractivity contribution >= 4 is 19.2 Å². The Morgan fingerprint density at radius 3 is 2.50 bits per heavy atom. The zero-order valence-electron chi connectivity index (χ0n) is 14.0. The predicted molar refractivity (Wildman–Crippen MR) is 101 cm³/mol. The van der Waals surface area contributed by atoms with Crippen molar-refractivity contribution in [2.75, 3.05) is 7.11 Å². The maximum Gasteiger partial charge on any atom is 0.331 e. The minimum atomic E-state index is -4.21. The highest BCUT2D eigenvalue weighted by Crippen LogP contribution is 2.39. The molecule has 2 N–H and O–H groups in total. The molecular weight excluding hydrogens is 375 g/mol. The van der Waals surface area contributed by atoms with Crippen LogP contribution in [0.5, 0.6) is 5.75 Å². The number of hydrogen-bond donors (Lipinski definition) is 2. The van der Waals surface area contributed by atoms with E-state index in [0.717, 1.165) is 22.6 Å². The predicted octanol–water partition coefficient (Wildman–Crippen LogP) is 3.94. The largest absolute Gasteiger partial charge is 0.497 e. The SMILES string of the molecule is COc1ccc(Cn2nc(CP(=O)(O)O)cc2-c2cccc(Cl)c2)cc1. The van der Waals surface area contributed by atoms with Crippen LogP contribution < -0.4 is 4.74 Å². The fourth-order valence-electron chi connectivity index (χ4n) is 2.66. The van der Waals surface area contributed by atoms with Crippen molar-refractivity contribution in [3.8, 4) is 17.0 Å². The van der Waals surface area contributed by atoms with E-state index < -0.39 is 13.8 Å². The molecule has 6 nitrogen and oxygen atoms in total. The first kappa shape index (κ1) is 18.7. The van der Waals surface area contributed by atoms with Gasteiger partial charge in [-0.15, -0.1) is 0 Å². The molecule has 26 heavy (non-hydrogen) atoms. The maximum absolute atomic E-state index is 11.4. The summed E-state index contributed by atoms with van der Waals surface area (Å²) < 4.78 is 18.2. The highest BCUT2D eigenvalue weighted by molar-refractivity contribution is 7.50. The van der Waals surface area contributed by atoms with Gasteiger partial charge in [-0.25, -0.2) is 0 Å². The average Bonchev–Trinajstić information content (AvgIpc) is 2.96. The molecule has 8 heteroatoms. The van der Waals surface area contributed by atoms with E-state index in [1.807, 2.05) is 36.4 Å². The smallest absolute Gasteiger partial charge is 0.331 e. The topological polar surface area (TPSA) is 84.6 Å². The van der Waals surface area contributed by atoms with Gasteiger partial charge in [-0.05, 0) is 35.9 Å². The van der Waals surface area contributed by atoms with Crippen molar-refractivity contribution in [1.82, 2.24) is 9.78 Å². The van der Waals surface area contributed by atoms with Gasteiger partial charge in [-0.1, -0.05) is 35.9 Å². The second-order valence-corrected chi connectivity index (χ2v) is 7.94. The van der Waals surface area contributed by atoms with E-state index in [0.29, 0.717) is 17.3 Å². The van der Waals surface area contributed by atoms with Crippen molar-refractivity contribution in [1.29, 1.82) is 0 Å². The molecule has 0 aliphatic rings. The Bertz CT molecular complexity index is 950. The molecule has 0 unspecified atom stereocenters. The molecule has 0 aliphatic heterocycles. The van der Waals surface area contributed by atoms with Gasteiger partial charge in [0.15, 0.2) is 0 Å². The van der Waals surface area contributed by atoms with Crippen molar-refractivity contribution in [2.45, 2.75) is 12.7 Å². The lowest BCUT2D eigenvalue weighted by atomic mass is 10.1. The zero-order valence-corrected chi connectivity index (χ0v) is 15.7. The number of benzene rings is 2. The van der Waals surface area contributed by atoms with Gasteiger partial charge >= 0.3 is 7.60 Å². The molecule has 2 aromatic carbocycles. The lowest BCUT2D eigenvalue weighted by molar-refractivity contribution is 0.371. The number of nitrogens with zero attached hydrogens (tertiary/aromatic N) is 2. The molecular formula is C18H18ClN2O4P. The van der Waals surface area contributed by atoms with Gasteiger partial charge < -0.3 is 14.5 Å². The monoisotopic (exact) mass is 392 g/mol. The molecule has 0 saturated heterocycles. The molecule has 0 atom stereocenters. The third-order valence-electron chi connectivity index (χ3n) is 3.81. The van der Waals surface area contributed by atoms with Crippen molar-refractivity contribution in [3.63, 3.8) is 0 Å². The maximum atomic E-state index is 11.4. The number of aromatic nitrogens is 2. The van der Waals surface area contributed by atoms with E-state index in [-0.39, 0.29) is 0 Å². The molecule has 0 fully saturated rings. The van der Waals surface area contributed by atoms with Gasteiger partial charge in [0.2, 0.25) is 0 Å². The molecule has 3 aromatic rings. The first-order chi connectivity index (χ1) is 12.3. The van der Waals surface area contributed by atoms with E-state index in [4.69, 9.17) is 16.3 Å². The normalized spacial score (nSPS) is 11.5. The van der Waals surface area contributed by atoms with Crippen LogP contribution in [0.4, 0.5) is 0 Å². The lowest BCUT2D eigenvalue weighted by Crippen LogP contribution is -2.04. The zero-order chi connectivity index (χ0) is 18.7. The summed E-state index contributed by atoms with van der Waals surface area (Å²) in [5.74, 6) is 0.756. The van der Waals surface area contributed by atoms with E-state index in [9.17, 15) is 14.4 Å². The van der Waals surface area contributed by atoms with E-state index >= 15 is 0 Å². The molecule has 0 saturated carbocycles. The Kier molecular flexibility index (Phi) is 5.49. The minimum absolute atomic E-state index is 0.335. The van der Waals surface area contributed by atoms with Crippen molar-refractivity contribution in [3.05, 3.63) is 70.9 Å². The van der Waals surface area contributed by atoms with Gasteiger partial charge in [0.1, 0.15) is 5.75 Å². The number of rotatable bonds is 6. The van der Waals surface area contributed by atoms with Crippen LogP contribution in [0.3, 0.4) is 0 Å². The van der Waals surface area contributed by atoms with Gasteiger partial charge in [-0.2, -0.15) is 5.10 Å². The summed E-state index contributed by atoms with van der Waals surface area (Å²) in [6.45, 7) is 0.451. The van der Waals surface area contributed by atoms with Crippen molar-refractivity contribution < 1.29 is 19.1 Å². The van der Waals surface area contributed by atoms with E-state index in [1.165, 1.54) is 0 Å². The Labute approximate surface area is 156 Å². The van der Waals surface area contributed by atoms with Crippen LogP contribution in [0.15, 0.2) is 54.6 Å². The third kappa shape index (κ3) is 4.74. The second kappa shape index (κ2) is 7.64. The highest BCUT2D eigenvalue weighted by Gasteiger charge is 2.19. The Hall–Kier alpha value is -2.11. The molecule has 0 amide bonds. The molecule has 1 heterocycles. The summed E-state index contributed by atoms with van der Waals surface area (Å²) >= 11 is 6.09. The van der Waals surface area contributed by atoms with Crippen LogP contribution in [0, 0.1) is 0 Å². The van der Waals surface area contributed by atoms with Crippen molar-refractivity contribution in [2.24, 2.45) is 0 Å². The van der Waals surface area contributed by atoms with Crippen LogP contribution in [0.25, 0.3) is 11.3 Å². The number of methoxy groups -OCH3 is 1. The summed E-state index contributed by atoms with van der Waals surface area (Å²) in [4.78, 5) is 18.5. The number of ether oxygens (including phenoxy) is 1. The number of hydrogen-bond acceptors (Lipinski definition) is 3. The standard InChI is InChI=1S/C18H18ClN2O4P/c1-25-17-7-5-13(6-8-17)11-21-18(14-3-2-4-15(19)9-14)10-16(20-21)12-26(22,23)24/h2-10H,11-12H2,1H3,(H2,22,23,24). The Morgan fingerprint density at radius 2 is 1.88 bits per heavy atom. The quantitative estimate of drug-likeness (QED) is 0.621. The first-order valence-electron chi connectivity index (χ1n) is 7.84. The molecule has 0 bridgehead atoms. The summed E-state index contributed by atoms with van der Waals surface area (Å²) in [7, 11) is -2.60. The average molecular weight is 393 g/mol. The first-order valence-corrected chi connectivity index (χ1v) is 10.0. The highest BCUT2D eigenvalue weighted by atomic mass is 35.5. The van der Waals surface area contributed by atoms with Gasteiger partial charge in [-0.3, -0.25) is 9.25 Å². The number of halogens is 1. The fraction of sp³-hybridized carbons (Fsp3) is 0.167. The Balaban J connectivity index is 1.99. The second-order valence-electron chi connectivity index (χ2n) is 5.86. The van der Waals surface area contributed by atoms with Crippen LogP contribution in [-0.4, -0.2) is 26.7 Å². The molecule has 136 valence electrons. The molecule has 3 rings (SSSR count).